The molecule has 1 amide bonds. The number of methoxy groups -OCH3 is 1. The third-order valence-corrected chi connectivity index (χ3v) is 4.69. The Morgan fingerprint density at radius 2 is 1.92 bits per heavy atom. The van der Waals surface area contributed by atoms with Crippen LogP contribution < -0.4 is 5.32 Å². The third-order valence-electron chi connectivity index (χ3n) is 4.69. The molecule has 5 heteroatoms. The lowest BCUT2D eigenvalue weighted by atomic mass is 9.90. The molecule has 136 valence electrons. The Hall–Kier alpha value is -1.10. The molecular weight excluding hydrogens is 324 g/mol. The highest BCUT2D eigenvalue weighted by Crippen LogP contribution is 2.22. The van der Waals surface area contributed by atoms with E-state index < -0.39 is 0 Å². The summed E-state index contributed by atoms with van der Waals surface area (Å²) in [6.45, 7) is 5.74. The molecule has 24 heavy (non-hydrogen) atoms. The van der Waals surface area contributed by atoms with Crippen LogP contribution in [0.1, 0.15) is 30.4 Å². The topological polar surface area (TPSA) is 41.6 Å². The van der Waals surface area contributed by atoms with Crippen molar-refractivity contribution in [3.8, 4) is 0 Å². The van der Waals surface area contributed by atoms with Gasteiger partial charge in [-0.1, -0.05) is 29.8 Å². The fraction of sp³-hybridized carbons (Fsp3) is 0.632. The second kappa shape index (κ2) is 11.5. The number of likely N-dealkylation sites (tertiary alicyclic amines) is 1. The van der Waals surface area contributed by atoms with Gasteiger partial charge in [-0.05, 0) is 44.1 Å². The monoisotopic (exact) mass is 354 g/mol. The first-order valence-corrected chi connectivity index (χ1v) is 8.72. The van der Waals surface area contributed by atoms with Gasteiger partial charge in [-0.2, -0.15) is 0 Å². The molecule has 4 nitrogen and oxygen atoms in total. The van der Waals surface area contributed by atoms with Crippen molar-refractivity contribution < 1.29 is 9.53 Å². The fourth-order valence-electron chi connectivity index (χ4n) is 3.08. The fourth-order valence-corrected chi connectivity index (χ4v) is 3.08. The van der Waals surface area contributed by atoms with E-state index in [0.29, 0.717) is 13.2 Å². The summed E-state index contributed by atoms with van der Waals surface area (Å²) in [6, 6.07) is 8.85. The van der Waals surface area contributed by atoms with Crippen LogP contribution >= 0.6 is 12.4 Å². The quantitative estimate of drug-likeness (QED) is 0.730. The maximum absolute atomic E-state index is 12.1. The number of hydrogen-bond acceptors (Lipinski definition) is 3. The molecule has 1 aromatic rings. The Morgan fingerprint density at radius 1 is 1.25 bits per heavy atom. The zero-order chi connectivity index (χ0) is 16.5. The van der Waals surface area contributed by atoms with Crippen LogP contribution in [0.25, 0.3) is 0 Å². The van der Waals surface area contributed by atoms with Gasteiger partial charge in [0.15, 0.2) is 0 Å². The lowest BCUT2D eigenvalue weighted by Crippen LogP contribution is -2.43. The Balaban J connectivity index is 0.00000288. The van der Waals surface area contributed by atoms with Crippen molar-refractivity contribution >= 4 is 18.3 Å². The molecule has 0 radical (unpaired) electrons. The van der Waals surface area contributed by atoms with E-state index in [1.54, 1.807) is 7.11 Å². The number of amides is 1. The molecule has 0 spiro atoms. The number of piperidine rings is 1. The Bertz CT molecular complexity index is 471. The van der Waals surface area contributed by atoms with Gasteiger partial charge in [0, 0.05) is 26.7 Å². The number of carbonyl (C=O) groups is 1. The first kappa shape index (κ1) is 20.9. The van der Waals surface area contributed by atoms with Gasteiger partial charge in [0.1, 0.15) is 0 Å². The number of nitrogens with zero attached hydrogens (tertiary/aromatic N) is 1. The molecule has 1 aliphatic heterocycles. The van der Waals surface area contributed by atoms with Gasteiger partial charge in [0.05, 0.1) is 13.2 Å². The minimum absolute atomic E-state index is 0. The van der Waals surface area contributed by atoms with Gasteiger partial charge in [-0.15, -0.1) is 12.4 Å². The Morgan fingerprint density at radius 3 is 2.54 bits per heavy atom. The van der Waals surface area contributed by atoms with Crippen molar-refractivity contribution in [3.63, 3.8) is 0 Å². The highest BCUT2D eigenvalue weighted by atomic mass is 35.5. The van der Waals surface area contributed by atoms with Gasteiger partial charge in [0.2, 0.25) is 5.91 Å². The van der Waals surface area contributed by atoms with Crippen LogP contribution in [-0.4, -0.2) is 50.7 Å². The molecule has 1 heterocycles. The summed E-state index contributed by atoms with van der Waals surface area (Å²) in [4.78, 5) is 14.1. The highest BCUT2D eigenvalue weighted by molar-refractivity contribution is 5.85. The zero-order valence-electron chi connectivity index (χ0n) is 14.9. The molecular formula is C19H31ClN2O2. The van der Waals surface area contributed by atoms with Crippen LogP contribution in [0.2, 0.25) is 0 Å². The normalized spacial score (nSPS) is 15.2. The van der Waals surface area contributed by atoms with Crippen LogP contribution in [0.4, 0.5) is 0 Å². The van der Waals surface area contributed by atoms with Gasteiger partial charge < -0.3 is 15.0 Å². The van der Waals surface area contributed by atoms with Crippen molar-refractivity contribution in [2.75, 3.05) is 39.9 Å². The number of benzene rings is 1. The SMILES string of the molecule is COCCNCC(=O)N1CCC(CCc2ccc(C)cc2)CC1.Cl. The molecule has 0 saturated carbocycles. The van der Waals surface area contributed by atoms with E-state index in [9.17, 15) is 4.79 Å². The predicted molar refractivity (Wildman–Crippen MR) is 101 cm³/mol. The van der Waals surface area contributed by atoms with E-state index in [4.69, 9.17) is 4.74 Å². The van der Waals surface area contributed by atoms with Crippen LogP contribution in [0, 0.1) is 12.8 Å². The summed E-state index contributed by atoms with van der Waals surface area (Å²) in [5, 5.41) is 3.13. The van der Waals surface area contributed by atoms with Crippen molar-refractivity contribution in [2.45, 2.75) is 32.6 Å². The molecule has 1 N–H and O–H groups in total. The van der Waals surface area contributed by atoms with E-state index in [2.05, 4.69) is 36.5 Å². The predicted octanol–water partition coefficient (Wildman–Crippen LogP) is 2.82. The van der Waals surface area contributed by atoms with E-state index in [1.807, 2.05) is 4.90 Å². The maximum Gasteiger partial charge on any atom is 0.236 e. The number of rotatable bonds is 8. The second-order valence-electron chi connectivity index (χ2n) is 6.52. The van der Waals surface area contributed by atoms with Crippen molar-refractivity contribution in [1.29, 1.82) is 0 Å². The lowest BCUT2D eigenvalue weighted by molar-refractivity contribution is -0.131. The molecule has 1 saturated heterocycles. The molecule has 0 bridgehead atoms. The van der Waals surface area contributed by atoms with Crippen molar-refractivity contribution in [2.24, 2.45) is 5.92 Å². The third kappa shape index (κ3) is 7.20. The van der Waals surface area contributed by atoms with Crippen molar-refractivity contribution in [3.05, 3.63) is 35.4 Å². The number of ether oxygens (including phenoxy) is 1. The molecule has 0 aliphatic carbocycles. The number of carbonyl (C=O) groups excluding carboxylic acids is 1. The average molecular weight is 355 g/mol. The standard InChI is InChI=1S/C19H30N2O2.ClH/c1-16-3-5-17(6-4-16)7-8-18-9-12-21(13-10-18)19(22)15-20-11-14-23-2;/h3-6,18,20H,7-15H2,1-2H3;1H. The van der Waals surface area contributed by atoms with Crippen molar-refractivity contribution in [1.82, 2.24) is 10.2 Å². The summed E-state index contributed by atoms with van der Waals surface area (Å²) in [5.41, 5.74) is 2.75. The first-order valence-electron chi connectivity index (χ1n) is 8.72. The molecule has 0 atom stereocenters. The summed E-state index contributed by atoms with van der Waals surface area (Å²) in [6.07, 6.45) is 4.65. The number of hydrogen-bond donors (Lipinski definition) is 1. The minimum Gasteiger partial charge on any atom is -0.383 e. The summed E-state index contributed by atoms with van der Waals surface area (Å²) in [5.74, 6) is 0.972. The second-order valence-corrected chi connectivity index (χ2v) is 6.52. The zero-order valence-corrected chi connectivity index (χ0v) is 15.7. The van der Waals surface area contributed by atoms with E-state index in [-0.39, 0.29) is 18.3 Å². The van der Waals surface area contributed by atoms with E-state index in [0.717, 1.165) is 44.8 Å². The highest BCUT2D eigenvalue weighted by Gasteiger charge is 2.22. The van der Waals surface area contributed by atoms with Crippen LogP contribution in [-0.2, 0) is 16.0 Å². The summed E-state index contributed by atoms with van der Waals surface area (Å²) >= 11 is 0. The number of halogens is 1. The van der Waals surface area contributed by atoms with Gasteiger partial charge >= 0.3 is 0 Å². The van der Waals surface area contributed by atoms with Gasteiger partial charge in [-0.3, -0.25) is 4.79 Å². The minimum atomic E-state index is 0. The molecule has 0 aromatic heterocycles. The lowest BCUT2D eigenvalue weighted by Gasteiger charge is -2.32. The number of nitrogens with one attached hydrogen (secondary N) is 1. The Labute approximate surface area is 152 Å². The maximum atomic E-state index is 12.1. The van der Waals surface area contributed by atoms with E-state index in [1.165, 1.54) is 17.5 Å². The largest absolute Gasteiger partial charge is 0.383 e. The van der Waals surface area contributed by atoms with Crippen LogP contribution in [0.5, 0.6) is 0 Å². The first-order chi connectivity index (χ1) is 11.2. The van der Waals surface area contributed by atoms with Crippen LogP contribution in [0.15, 0.2) is 24.3 Å². The molecule has 0 unspecified atom stereocenters. The molecule has 1 fully saturated rings. The summed E-state index contributed by atoms with van der Waals surface area (Å²) in [7, 11) is 1.67. The molecule has 1 aromatic carbocycles. The van der Waals surface area contributed by atoms with E-state index >= 15 is 0 Å². The molecule has 1 aliphatic rings. The summed E-state index contributed by atoms with van der Waals surface area (Å²) < 4.78 is 4.97. The Kier molecular flexibility index (Phi) is 9.99. The van der Waals surface area contributed by atoms with Crippen LogP contribution in [0.3, 0.4) is 0 Å². The van der Waals surface area contributed by atoms with Gasteiger partial charge in [0.25, 0.3) is 0 Å². The smallest absolute Gasteiger partial charge is 0.236 e. The molecule has 2 rings (SSSR count). The van der Waals surface area contributed by atoms with Gasteiger partial charge in [-0.25, -0.2) is 0 Å². The number of aryl methyl sites for hydroxylation is 2. The average Bonchev–Trinajstić information content (AvgIpc) is 2.58.